The lowest BCUT2D eigenvalue weighted by Crippen LogP contribution is -2.27. The number of carbonyl (C=O) groups excluding carboxylic acids is 1. The highest BCUT2D eigenvalue weighted by atomic mass is 16.5. The quantitative estimate of drug-likeness (QED) is 0.674. The molecule has 8 heteroatoms. The van der Waals surface area contributed by atoms with Crippen molar-refractivity contribution in [2.45, 2.75) is 32.9 Å². The summed E-state index contributed by atoms with van der Waals surface area (Å²) in [6, 6.07) is 7.53. The summed E-state index contributed by atoms with van der Waals surface area (Å²) >= 11 is 0. The Morgan fingerprint density at radius 1 is 1.38 bits per heavy atom. The first-order valence-corrected chi connectivity index (χ1v) is 7.70. The molecule has 2 aromatic rings. The summed E-state index contributed by atoms with van der Waals surface area (Å²) in [6.07, 6.45) is 3.28. The highest BCUT2D eigenvalue weighted by molar-refractivity contribution is 5.84. The Bertz CT molecular complexity index is 699. The molecule has 128 valence electrons. The van der Waals surface area contributed by atoms with Crippen molar-refractivity contribution in [3.63, 3.8) is 0 Å². The highest BCUT2D eigenvalue weighted by Crippen LogP contribution is 2.13. The molecule has 0 radical (unpaired) electrons. The predicted molar refractivity (Wildman–Crippen MR) is 85.7 cm³/mol. The summed E-state index contributed by atoms with van der Waals surface area (Å²) in [7, 11) is 0. The Kier molecular flexibility index (Phi) is 6.30. The third-order valence-electron chi connectivity index (χ3n) is 3.22. The molecule has 0 aliphatic heterocycles. The molecule has 1 aromatic heterocycles. The van der Waals surface area contributed by atoms with Crippen LogP contribution in [0.4, 0.5) is 0 Å². The number of hydrogen-bond acceptors (Lipinski definition) is 5. The summed E-state index contributed by atoms with van der Waals surface area (Å²) in [5.41, 5.74) is 0.724. The summed E-state index contributed by atoms with van der Waals surface area (Å²) in [5.74, 6) is -0.687. The molecule has 1 aromatic carbocycles. The van der Waals surface area contributed by atoms with E-state index in [0.717, 1.165) is 24.2 Å². The van der Waals surface area contributed by atoms with Gasteiger partial charge in [0.1, 0.15) is 12.3 Å². The van der Waals surface area contributed by atoms with Gasteiger partial charge in [0.2, 0.25) is 5.91 Å². The zero-order valence-electron chi connectivity index (χ0n) is 13.4. The molecule has 1 heterocycles. The van der Waals surface area contributed by atoms with Gasteiger partial charge in [0.05, 0.1) is 12.8 Å². The van der Waals surface area contributed by atoms with Crippen molar-refractivity contribution >= 4 is 11.9 Å². The average Bonchev–Trinajstić information content (AvgIpc) is 3.02. The smallest absolute Gasteiger partial charge is 0.358 e. The van der Waals surface area contributed by atoms with Crippen molar-refractivity contribution in [2.24, 2.45) is 0 Å². The van der Waals surface area contributed by atoms with Crippen LogP contribution in [0.3, 0.4) is 0 Å². The number of rotatable bonds is 9. The van der Waals surface area contributed by atoms with Gasteiger partial charge >= 0.3 is 5.97 Å². The maximum absolute atomic E-state index is 11.9. The Morgan fingerprint density at radius 2 is 2.21 bits per heavy atom. The van der Waals surface area contributed by atoms with E-state index >= 15 is 0 Å². The van der Waals surface area contributed by atoms with E-state index in [9.17, 15) is 9.59 Å². The van der Waals surface area contributed by atoms with Crippen LogP contribution in [0.5, 0.6) is 5.75 Å². The fourth-order valence-corrected chi connectivity index (χ4v) is 1.96. The van der Waals surface area contributed by atoms with Gasteiger partial charge in [0, 0.05) is 6.54 Å². The number of carboxylic acids is 1. The highest BCUT2D eigenvalue weighted by Gasteiger charge is 2.10. The van der Waals surface area contributed by atoms with E-state index in [1.165, 1.54) is 10.9 Å². The summed E-state index contributed by atoms with van der Waals surface area (Å²) in [4.78, 5) is 22.6. The first-order valence-electron chi connectivity index (χ1n) is 7.70. The van der Waals surface area contributed by atoms with Crippen molar-refractivity contribution in [2.75, 3.05) is 6.61 Å². The van der Waals surface area contributed by atoms with E-state index in [-0.39, 0.29) is 18.1 Å². The van der Waals surface area contributed by atoms with Gasteiger partial charge in [-0.2, -0.15) is 0 Å². The first-order chi connectivity index (χ1) is 11.6. The van der Waals surface area contributed by atoms with Crippen LogP contribution in [0, 0.1) is 0 Å². The lowest BCUT2D eigenvalue weighted by Gasteiger charge is -2.08. The number of nitrogens with zero attached hydrogens (tertiary/aromatic N) is 3. The van der Waals surface area contributed by atoms with E-state index in [0.29, 0.717) is 13.2 Å². The number of carboxylic acid groups (broad SMARTS) is 1. The molecule has 0 saturated heterocycles. The molecule has 2 rings (SSSR count). The third-order valence-corrected chi connectivity index (χ3v) is 3.22. The normalized spacial score (nSPS) is 10.4. The number of nitrogens with one attached hydrogen (secondary N) is 1. The third kappa shape index (κ3) is 5.38. The van der Waals surface area contributed by atoms with Crippen molar-refractivity contribution in [3.8, 4) is 5.75 Å². The minimum Gasteiger partial charge on any atom is -0.494 e. The molecule has 24 heavy (non-hydrogen) atoms. The van der Waals surface area contributed by atoms with Crippen LogP contribution in [0.25, 0.3) is 0 Å². The van der Waals surface area contributed by atoms with Crippen molar-refractivity contribution < 1.29 is 19.4 Å². The number of amides is 1. The van der Waals surface area contributed by atoms with Crippen LogP contribution in [-0.2, 0) is 17.9 Å². The zero-order valence-corrected chi connectivity index (χ0v) is 13.4. The second kappa shape index (κ2) is 8.66. The zero-order chi connectivity index (χ0) is 17.4. The van der Waals surface area contributed by atoms with Gasteiger partial charge < -0.3 is 15.2 Å². The molecule has 0 saturated carbocycles. The number of hydrogen-bond donors (Lipinski definition) is 2. The SMILES string of the molecule is CCCCOc1cccc(CNC(=O)Cn2cc(C(=O)O)nn2)c1. The second-order valence-electron chi connectivity index (χ2n) is 5.23. The largest absolute Gasteiger partial charge is 0.494 e. The molecule has 0 spiro atoms. The minimum atomic E-state index is -1.18. The second-order valence-corrected chi connectivity index (χ2v) is 5.23. The van der Waals surface area contributed by atoms with E-state index in [1.807, 2.05) is 24.3 Å². The maximum Gasteiger partial charge on any atom is 0.358 e. The monoisotopic (exact) mass is 332 g/mol. The van der Waals surface area contributed by atoms with E-state index < -0.39 is 5.97 Å². The Morgan fingerprint density at radius 3 is 2.92 bits per heavy atom. The lowest BCUT2D eigenvalue weighted by molar-refractivity contribution is -0.122. The maximum atomic E-state index is 11.9. The van der Waals surface area contributed by atoms with Crippen LogP contribution in [0.15, 0.2) is 30.5 Å². The van der Waals surface area contributed by atoms with Crippen LogP contribution in [0.2, 0.25) is 0 Å². The molecule has 2 N–H and O–H groups in total. The molecular weight excluding hydrogens is 312 g/mol. The van der Waals surface area contributed by atoms with Crippen molar-refractivity contribution in [3.05, 3.63) is 41.7 Å². The first kappa shape index (κ1) is 17.5. The van der Waals surface area contributed by atoms with Gasteiger partial charge in [-0.05, 0) is 24.1 Å². The van der Waals surface area contributed by atoms with E-state index in [4.69, 9.17) is 9.84 Å². The van der Waals surface area contributed by atoms with Gasteiger partial charge in [-0.25, -0.2) is 9.48 Å². The standard InChI is InChI=1S/C16H20N4O4/c1-2-3-7-24-13-6-4-5-12(8-13)9-17-15(21)11-20-10-14(16(22)23)18-19-20/h4-6,8,10H,2-3,7,9,11H2,1H3,(H,17,21)(H,22,23). The van der Waals surface area contributed by atoms with Gasteiger partial charge in [-0.1, -0.05) is 30.7 Å². The number of aromatic nitrogens is 3. The van der Waals surface area contributed by atoms with Gasteiger partial charge in [-0.3, -0.25) is 4.79 Å². The molecule has 0 aliphatic carbocycles. The molecule has 0 aliphatic rings. The van der Waals surface area contributed by atoms with Crippen LogP contribution in [-0.4, -0.2) is 38.6 Å². The Labute approximate surface area is 139 Å². The van der Waals surface area contributed by atoms with Crippen LogP contribution in [0.1, 0.15) is 35.8 Å². The van der Waals surface area contributed by atoms with E-state index in [2.05, 4.69) is 22.6 Å². The molecule has 0 unspecified atom stereocenters. The molecule has 8 nitrogen and oxygen atoms in total. The number of benzene rings is 1. The van der Waals surface area contributed by atoms with Crippen molar-refractivity contribution in [1.29, 1.82) is 0 Å². The minimum absolute atomic E-state index is 0.0903. The average molecular weight is 332 g/mol. The van der Waals surface area contributed by atoms with Crippen LogP contribution >= 0.6 is 0 Å². The molecular formula is C16H20N4O4. The van der Waals surface area contributed by atoms with Gasteiger partial charge in [0.25, 0.3) is 0 Å². The molecule has 0 bridgehead atoms. The topological polar surface area (TPSA) is 106 Å². The van der Waals surface area contributed by atoms with Crippen LogP contribution < -0.4 is 10.1 Å². The number of ether oxygens (including phenoxy) is 1. The summed E-state index contributed by atoms with van der Waals surface area (Å²) in [5, 5.41) is 18.6. The van der Waals surface area contributed by atoms with Crippen molar-refractivity contribution in [1.82, 2.24) is 20.3 Å². The summed E-state index contributed by atoms with van der Waals surface area (Å²) in [6.45, 7) is 3.03. The van der Waals surface area contributed by atoms with Gasteiger partial charge in [0.15, 0.2) is 5.69 Å². The van der Waals surface area contributed by atoms with Gasteiger partial charge in [-0.15, -0.1) is 5.10 Å². The fraction of sp³-hybridized carbons (Fsp3) is 0.375. The van der Waals surface area contributed by atoms with E-state index in [1.54, 1.807) is 0 Å². The Hall–Kier alpha value is -2.90. The predicted octanol–water partition coefficient (Wildman–Crippen LogP) is 1.47. The number of carbonyl (C=O) groups is 2. The summed E-state index contributed by atoms with van der Waals surface area (Å²) < 4.78 is 6.81. The molecule has 0 fully saturated rings. The molecule has 1 amide bonds. The fourth-order valence-electron chi connectivity index (χ4n) is 1.96. The Balaban J connectivity index is 1.82. The number of aromatic carboxylic acids is 1. The number of unbranched alkanes of at least 4 members (excludes halogenated alkanes) is 1. The molecule has 0 atom stereocenters. The lowest BCUT2D eigenvalue weighted by atomic mass is 10.2.